The number of rotatable bonds is 6. The monoisotopic (exact) mass is 419 g/mol. The molecule has 0 spiro atoms. The SMILES string of the molecule is O=C(CCN1C(=O)c2ccccc2C1=O)NC1CCN(C(=O)Cc2ccccc2)CC1. The van der Waals surface area contributed by atoms with Crippen molar-refractivity contribution in [3.8, 4) is 0 Å². The van der Waals surface area contributed by atoms with Gasteiger partial charge in [-0.3, -0.25) is 24.1 Å². The summed E-state index contributed by atoms with van der Waals surface area (Å²) < 4.78 is 0. The predicted octanol–water partition coefficient (Wildman–Crippen LogP) is 2.02. The maximum absolute atomic E-state index is 12.5. The molecule has 0 unspecified atom stereocenters. The van der Waals surface area contributed by atoms with Crippen LogP contribution in [0.25, 0.3) is 0 Å². The molecule has 1 saturated heterocycles. The standard InChI is InChI=1S/C24H25N3O4/c28-21(12-15-27-23(30)19-8-4-5-9-20(19)24(27)31)25-18-10-13-26(14-11-18)22(29)16-17-6-2-1-3-7-17/h1-9,18H,10-16H2,(H,25,28). The van der Waals surface area contributed by atoms with Crippen LogP contribution in [0.15, 0.2) is 54.6 Å². The van der Waals surface area contributed by atoms with Gasteiger partial charge >= 0.3 is 0 Å². The van der Waals surface area contributed by atoms with E-state index in [1.807, 2.05) is 35.2 Å². The van der Waals surface area contributed by atoms with Gasteiger partial charge in [-0.2, -0.15) is 0 Å². The van der Waals surface area contributed by atoms with Gasteiger partial charge in [-0.1, -0.05) is 42.5 Å². The van der Waals surface area contributed by atoms with E-state index in [4.69, 9.17) is 0 Å². The topological polar surface area (TPSA) is 86.8 Å². The van der Waals surface area contributed by atoms with Crippen LogP contribution in [0.1, 0.15) is 45.5 Å². The molecule has 2 aliphatic rings. The molecule has 2 aliphatic heterocycles. The van der Waals surface area contributed by atoms with Crippen LogP contribution in [0.4, 0.5) is 0 Å². The number of hydrogen-bond donors (Lipinski definition) is 1. The van der Waals surface area contributed by atoms with Gasteiger partial charge in [0.05, 0.1) is 17.5 Å². The lowest BCUT2D eigenvalue weighted by atomic mass is 10.0. The minimum absolute atomic E-state index is 0.00421. The summed E-state index contributed by atoms with van der Waals surface area (Å²) >= 11 is 0. The fourth-order valence-electron chi connectivity index (χ4n) is 4.11. The molecule has 7 nitrogen and oxygen atoms in total. The van der Waals surface area contributed by atoms with Crippen LogP contribution < -0.4 is 5.32 Å². The molecule has 2 heterocycles. The average Bonchev–Trinajstić information content (AvgIpc) is 3.03. The normalized spacial score (nSPS) is 16.4. The largest absolute Gasteiger partial charge is 0.353 e. The molecular weight excluding hydrogens is 394 g/mol. The Kier molecular flexibility index (Phi) is 6.11. The molecule has 1 fully saturated rings. The minimum atomic E-state index is -0.348. The van der Waals surface area contributed by atoms with Gasteiger partial charge < -0.3 is 10.2 Å². The molecule has 0 atom stereocenters. The second kappa shape index (κ2) is 9.12. The highest BCUT2D eigenvalue weighted by molar-refractivity contribution is 6.21. The van der Waals surface area contributed by atoms with Gasteiger partial charge in [0.2, 0.25) is 11.8 Å². The number of fused-ring (bicyclic) bond motifs is 1. The second-order valence-electron chi connectivity index (χ2n) is 7.94. The number of amides is 4. The first-order chi connectivity index (χ1) is 15.0. The summed E-state index contributed by atoms with van der Waals surface area (Å²) in [6.07, 6.45) is 1.84. The molecule has 0 aromatic heterocycles. The Morgan fingerprint density at radius 2 is 1.45 bits per heavy atom. The van der Waals surface area contributed by atoms with Gasteiger partial charge in [0.1, 0.15) is 0 Å². The third kappa shape index (κ3) is 4.66. The second-order valence-corrected chi connectivity index (χ2v) is 7.94. The van der Waals surface area contributed by atoms with Crippen LogP contribution in [-0.4, -0.2) is 59.1 Å². The lowest BCUT2D eigenvalue weighted by molar-refractivity contribution is -0.131. The average molecular weight is 419 g/mol. The zero-order valence-corrected chi connectivity index (χ0v) is 17.3. The predicted molar refractivity (Wildman–Crippen MR) is 114 cm³/mol. The third-order valence-electron chi connectivity index (χ3n) is 5.85. The number of nitrogens with one attached hydrogen (secondary N) is 1. The van der Waals surface area contributed by atoms with E-state index >= 15 is 0 Å². The highest BCUT2D eigenvalue weighted by atomic mass is 16.2. The zero-order valence-electron chi connectivity index (χ0n) is 17.3. The lowest BCUT2D eigenvalue weighted by Gasteiger charge is -2.32. The number of likely N-dealkylation sites (tertiary alicyclic amines) is 1. The van der Waals surface area contributed by atoms with Crippen LogP contribution in [0, 0.1) is 0 Å². The molecule has 0 radical (unpaired) electrons. The van der Waals surface area contributed by atoms with E-state index in [2.05, 4.69) is 5.32 Å². The van der Waals surface area contributed by atoms with Crippen LogP contribution >= 0.6 is 0 Å². The highest BCUT2D eigenvalue weighted by Crippen LogP contribution is 2.22. The van der Waals surface area contributed by atoms with Gasteiger partial charge in [0.25, 0.3) is 11.8 Å². The Bertz CT molecular complexity index is 962. The number of hydrogen-bond acceptors (Lipinski definition) is 4. The lowest BCUT2D eigenvalue weighted by Crippen LogP contribution is -2.47. The summed E-state index contributed by atoms with van der Waals surface area (Å²) in [7, 11) is 0. The van der Waals surface area contributed by atoms with E-state index in [1.54, 1.807) is 24.3 Å². The molecule has 160 valence electrons. The molecular formula is C24H25N3O4. The van der Waals surface area contributed by atoms with E-state index in [1.165, 1.54) is 0 Å². The van der Waals surface area contributed by atoms with Crippen molar-refractivity contribution < 1.29 is 19.2 Å². The number of carbonyl (C=O) groups is 4. The molecule has 7 heteroatoms. The molecule has 2 aromatic rings. The number of imide groups is 1. The first kappa shape index (κ1) is 20.8. The van der Waals surface area contributed by atoms with Crippen molar-refractivity contribution in [3.05, 3.63) is 71.3 Å². The van der Waals surface area contributed by atoms with Crippen molar-refractivity contribution in [1.29, 1.82) is 0 Å². The van der Waals surface area contributed by atoms with E-state index in [0.29, 0.717) is 43.5 Å². The van der Waals surface area contributed by atoms with Gasteiger partial charge in [-0.05, 0) is 30.5 Å². The summed E-state index contributed by atoms with van der Waals surface area (Å²) in [5.41, 5.74) is 1.77. The summed E-state index contributed by atoms with van der Waals surface area (Å²) in [6.45, 7) is 1.27. The van der Waals surface area contributed by atoms with Gasteiger partial charge in [-0.15, -0.1) is 0 Å². The fourth-order valence-corrected chi connectivity index (χ4v) is 4.11. The quantitative estimate of drug-likeness (QED) is 0.726. The Balaban J connectivity index is 1.21. The maximum atomic E-state index is 12.5. The van der Waals surface area contributed by atoms with E-state index < -0.39 is 0 Å². The van der Waals surface area contributed by atoms with Crippen molar-refractivity contribution in [2.24, 2.45) is 0 Å². The molecule has 4 amide bonds. The Morgan fingerprint density at radius 1 is 0.871 bits per heavy atom. The molecule has 4 rings (SSSR count). The van der Waals surface area contributed by atoms with Crippen molar-refractivity contribution in [2.45, 2.75) is 31.7 Å². The fraction of sp³-hybridized carbons (Fsp3) is 0.333. The first-order valence-corrected chi connectivity index (χ1v) is 10.6. The van der Waals surface area contributed by atoms with E-state index in [0.717, 1.165) is 10.5 Å². The molecule has 1 N–H and O–H groups in total. The molecule has 2 aromatic carbocycles. The van der Waals surface area contributed by atoms with Crippen molar-refractivity contribution in [2.75, 3.05) is 19.6 Å². The summed E-state index contributed by atoms with van der Waals surface area (Å²) in [5.74, 6) is -0.788. The van der Waals surface area contributed by atoms with Crippen molar-refractivity contribution in [3.63, 3.8) is 0 Å². The zero-order chi connectivity index (χ0) is 21.8. The number of piperidine rings is 1. The van der Waals surface area contributed by atoms with Crippen LogP contribution in [0.3, 0.4) is 0 Å². The molecule has 0 aliphatic carbocycles. The van der Waals surface area contributed by atoms with Crippen LogP contribution in [0.2, 0.25) is 0 Å². The molecule has 0 bridgehead atoms. The highest BCUT2D eigenvalue weighted by Gasteiger charge is 2.35. The number of carbonyl (C=O) groups excluding carboxylic acids is 4. The van der Waals surface area contributed by atoms with Gasteiger partial charge in [-0.25, -0.2) is 0 Å². The van der Waals surface area contributed by atoms with E-state index in [9.17, 15) is 19.2 Å². The van der Waals surface area contributed by atoms with Crippen LogP contribution in [-0.2, 0) is 16.0 Å². The summed E-state index contributed by atoms with van der Waals surface area (Å²) in [4.78, 5) is 52.6. The first-order valence-electron chi connectivity index (χ1n) is 10.6. The Morgan fingerprint density at radius 3 is 2.06 bits per heavy atom. The van der Waals surface area contributed by atoms with Crippen molar-refractivity contribution in [1.82, 2.24) is 15.1 Å². The smallest absolute Gasteiger partial charge is 0.261 e. The minimum Gasteiger partial charge on any atom is -0.353 e. The number of benzene rings is 2. The Hall–Kier alpha value is -3.48. The number of nitrogens with zero attached hydrogens (tertiary/aromatic N) is 2. The summed E-state index contributed by atoms with van der Waals surface area (Å²) in [6, 6.07) is 16.4. The van der Waals surface area contributed by atoms with E-state index in [-0.39, 0.29) is 42.6 Å². The van der Waals surface area contributed by atoms with Crippen molar-refractivity contribution >= 4 is 23.6 Å². The third-order valence-corrected chi connectivity index (χ3v) is 5.85. The molecule has 0 saturated carbocycles. The summed E-state index contributed by atoms with van der Waals surface area (Å²) in [5, 5.41) is 2.98. The van der Waals surface area contributed by atoms with Gasteiger partial charge in [0, 0.05) is 32.1 Å². The Labute approximate surface area is 181 Å². The van der Waals surface area contributed by atoms with Crippen LogP contribution in [0.5, 0.6) is 0 Å². The molecule has 31 heavy (non-hydrogen) atoms. The maximum Gasteiger partial charge on any atom is 0.261 e. The van der Waals surface area contributed by atoms with Gasteiger partial charge in [0.15, 0.2) is 0 Å².